The van der Waals surface area contributed by atoms with Gasteiger partial charge in [-0.3, -0.25) is 4.90 Å². The van der Waals surface area contributed by atoms with Crippen LogP contribution in [0, 0.1) is 0 Å². The van der Waals surface area contributed by atoms with E-state index in [1.807, 2.05) is 31.7 Å². The van der Waals surface area contributed by atoms with E-state index in [2.05, 4.69) is 59.0 Å². The zero-order valence-corrected chi connectivity index (χ0v) is 16.2. The first-order valence-corrected chi connectivity index (χ1v) is 9.58. The lowest BCUT2D eigenvalue weighted by Gasteiger charge is -2.33. The molecule has 1 atom stereocenters. The monoisotopic (exact) mass is 393 g/mol. The molecule has 142 valence electrons. The maximum Gasteiger partial charge on any atom is 0.226 e. The number of aromatic nitrogens is 5. The number of nitrogens with one attached hydrogen (secondary N) is 2. The van der Waals surface area contributed by atoms with Crippen molar-refractivity contribution in [1.82, 2.24) is 29.4 Å². The summed E-state index contributed by atoms with van der Waals surface area (Å²) in [5.41, 5.74) is 4.29. The van der Waals surface area contributed by atoms with Gasteiger partial charge in [-0.05, 0) is 23.2 Å². The first-order chi connectivity index (χ1) is 13.7. The van der Waals surface area contributed by atoms with Crippen LogP contribution in [0.5, 0.6) is 0 Å². The summed E-state index contributed by atoms with van der Waals surface area (Å²) in [7, 11) is 2.03. The Balaban J connectivity index is 1.48. The number of benzene rings is 1. The normalized spacial score (nSPS) is 17.0. The fourth-order valence-electron chi connectivity index (χ4n) is 3.94. The van der Waals surface area contributed by atoms with Crippen molar-refractivity contribution in [2.24, 2.45) is 7.05 Å². The van der Waals surface area contributed by atoms with E-state index in [0.717, 1.165) is 42.2 Å². The molecule has 8 heteroatoms. The van der Waals surface area contributed by atoms with E-state index in [1.54, 1.807) is 0 Å². The summed E-state index contributed by atoms with van der Waals surface area (Å²) in [6.07, 6.45) is 3.73. The molecule has 5 rings (SSSR count). The van der Waals surface area contributed by atoms with Crippen LogP contribution in [-0.2, 0) is 20.1 Å². The van der Waals surface area contributed by atoms with Gasteiger partial charge in [0.25, 0.3) is 0 Å². The molecule has 2 N–H and O–H groups in total. The van der Waals surface area contributed by atoms with Crippen molar-refractivity contribution in [3.8, 4) is 0 Å². The Kier molecular flexibility index (Phi) is 4.26. The van der Waals surface area contributed by atoms with E-state index in [9.17, 15) is 0 Å². The van der Waals surface area contributed by atoms with Crippen molar-refractivity contribution < 1.29 is 0 Å². The first-order valence-electron chi connectivity index (χ1n) is 9.21. The molecule has 7 nitrogen and oxygen atoms in total. The first kappa shape index (κ1) is 17.2. The Morgan fingerprint density at radius 2 is 2.07 bits per heavy atom. The van der Waals surface area contributed by atoms with Gasteiger partial charge in [0.2, 0.25) is 5.28 Å². The molecule has 1 unspecified atom stereocenters. The van der Waals surface area contributed by atoms with Crippen LogP contribution in [0.15, 0.2) is 48.9 Å². The highest BCUT2D eigenvalue weighted by Crippen LogP contribution is 2.31. The number of hydrogen-bond acceptors (Lipinski definition) is 5. The predicted octanol–water partition coefficient (Wildman–Crippen LogP) is 3.51. The molecule has 1 aromatic carbocycles. The second kappa shape index (κ2) is 6.92. The Morgan fingerprint density at radius 1 is 1.21 bits per heavy atom. The average Bonchev–Trinajstić information content (AvgIpc) is 3.29. The maximum atomic E-state index is 6.13. The molecule has 1 aliphatic rings. The summed E-state index contributed by atoms with van der Waals surface area (Å²) >= 11 is 6.13. The second-order valence-corrected chi connectivity index (χ2v) is 7.46. The van der Waals surface area contributed by atoms with Gasteiger partial charge in [0.15, 0.2) is 0 Å². The zero-order valence-electron chi connectivity index (χ0n) is 15.4. The molecule has 0 fully saturated rings. The lowest BCUT2D eigenvalue weighted by atomic mass is 10.0. The number of hydrogen-bond donors (Lipinski definition) is 2. The molecule has 0 saturated carbocycles. The molecule has 0 aliphatic carbocycles. The molecule has 0 amide bonds. The van der Waals surface area contributed by atoms with Gasteiger partial charge in [-0.2, -0.15) is 4.98 Å². The van der Waals surface area contributed by atoms with Crippen molar-refractivity contribution in [3.63, 3.8) is 0 Å². The average molecular weight is 394 g/mol. The van der Waals surface area contributed by atoms with Crippen LogP contribution in [0.4, 0.5) is 5.82 Å². The van der Waals surface area contributed by atoms with Crippen molar-refractivity contribution in [3.05, 3.63) is 71.2 Å². The molecule has 3 aromatic heterocycles. The zero-order chi connectivity index (χ0) is 19.1. The molecule has 0 radical (unpaired) electrons. The third kappa shape index (κ3) is 3.12. The van der Waals surface area contributed by atoms with Gasteiger partial charge in [-0.1, -0.05) is 30.3 Å². The van der Waals surface area contributed by atoms with Gasteiger partial charge in [0.1, 0.15) is 11.5 Å². The summed E-state index contributed by atoms with van der Waals surface area (Å²) < 4.78 is 2.09. The quantitative estimate of drug-likeness (QED) is 0.519. The van der Waals surface area contributed by atoms with Crippen molar-refractivity contribution in [1.29, 1.82) is 0 Å². The van der Waals surface area contributed by atoms with Crippen LogP contribution in [0.2, 0.25) is 5.28 Å². The number of aromatic amines is 1. The van der Waals surface area contributed by atoms with Crippen molar-refractivity contribution >= 4 is 28.5 Å². The lowest BCUT2D eigenvalue weighted by molar-refractivity contribution is 0.223. The van der Waals surface area contributed by atoms with E-state index in [-0.39, 0.29) is 11.3 Å². The van der Waals surface area contributed by atoms with Gasteiger partial charge >= 0.3 is 0 Å². The number of aryl methyl sites for hydroxylation is 1. The minimum absolute atomic E-state index is 0.0454. The van der Waals surface area contributed by atoms with E-state index in [1.165, 1.54) is 11.3 Å². The second-order valence-electron chi connectivity index (χ2n) is 7.12. The Hall–Kier alpha value is -2.90. The summed E-state index contributed by atoms with van der Waals surface area (Å²) in [4.78, 5) is 18.8. The predicted molar refractivity (Wildman–Crippen MR) is 109 cm³/mol. The molecular formula is C20H20ClN7. The highest BCUT2D eigenvalue weighted by molar-refractivity contribution is 6.28. The van der Waals surface area contributed by atoms with E-state index >= 15 is 0 Å². The fourth-order valence-corrected chi connectivity index (χ4v) is 4.11. The number of imidazole rings is 1. The number of anilines is 1. The van der Waals surface area contributed by atoms with Crippen LogP contribution in [-0.4, -0.2) is 35.9 Å². The highest BCUT2D eigenvalue weighted by Gasteiger charge is 2.29. The maximum absolute atomic E-state index is 6.13. The van der Waals surface area contributed by atoms with Gasteiger partial charge in [-0.15, -0.1) is 0 Å². The topological polar surface area (TPSA) is 74.7 Å². The smallest absolute Gasteiger partial charge is 0.226 e. The molecule has 0 spiro atoms. The molecule has 28 heavy (non-hydrogen) atoms. The summed E-state index contributed by atoms with van der Waals surface area (Å²) in [5.74, 6) is 0.731. The number of rotatable bonds is 4. The van der Waals surface area contributed by atoms with Gasteiger partial charge < -0.3 is 14.9 Å². The molecule has 1 aliphatic heterocycles. The van der Waals surface area contributed by atoms with E-state index in [0.29, 0.717) is 0 Å². The Labute approximate surface area is 167 Å². The standard InChI is InChI=1S/C20H20ClN7/c1-27-12-23-15-10-28(9-13-5-3-2-4-6-13)11-16(17(15)27)24-19-14-7-8-22-18(14)25-20(21)26-19/h2-8,12,16H,9-11H2,1H3,(H2,22,24,25,26). The third-order valence-electron chi connectivity index (χ3n) is 5.16. The Bertz CT molecular complexity index is 1120. The van der Waals surface area contributed by atoms with E-state index in [4.69, 9.17) is 11.6 Å². The van der Waals surface area contributed by atoms with Crippen LogP contribution in [0.25, 0.3) is 11.0 Å². The van der Waals surface area contributed by atoms with Crippen LogP contribution < -0.4 is 5.32 Å². The Morgan fingerprint density at radius 3 is 2.93 bits per heavy atom. The minimum Gasteiger partial charge on any atom is -0.360 e. The SMILES string of the molecule is Cn1cnc2c1C(Nc1nc(Cl)nc3[nH]ccc13)CN(Cc1ccccc1)C2. The number of nitrogens with zero attached hydrogens (tertiary/aromatic N) is 5. The molecule has 0 bridgehead atoms. The van der Waals surface area contributed by atoms with Gasteiger partial charge in [0, 0.05) is 32.9 Å². The van der Waals surface area contributed by atoms with E-state index < -0.39 is 0 Å². The highest BCUT2D eigenvalue weighted by atomic mass is 35.5. The molecule has 4 heterocycles. The minimum atomic E-state index is 0.0454. The van der Waals surface area contributed by atoms with Crippen LogP contribution in [0.1, 0.15) is 23.0 Å². The lowest BCUT2D eigenvalue weighted by Crippen LogP contribution is -2.37. The summed E-state index contributed by atoms with van der Waals surface area (Å²) in [6, 6.07) is 12.5. The van der Waals surface area contributed by atoms with Gasteiger partial charge in [0.05, 0.1) is 29.1 Å². The van der Waals surface area contributed by atoms with Crippen molar-refractivity contribution in [2.45, 2.75) is 19.1 Å². The van der Waals surface area contributed by atoms with Crippen LogP contribution in [0.3, 0.4) is 0 Å². The summed E-state index contributed by atoms with van der Waals surface area (Å²) in [5, 5.41) is 4.74. The molecule has 0 saturated heterocycles. The number of halogens is 1. The molecule has 4 aromatic rings. The number of H-pyrrole nitrogens is 1. The largest absolute Gasteiger partial charge is 0.360 e. The van der Waals surface area contributed by atoms with Crippen LogP contribution >= 0.6 is 11.6 Å². The summed E-state index contributed by atoms with van der Waals surface area (Å²) in [6.45, 7) is 2.54. The van der Waals surface area contributed by atoms with Gasteiger partial charge in [-0.25, -0.2) is 9.97 Å². The van der Waals surface area contributed by atoms with Crippen molar-refractivity contribution in [2.75, 3.05) is 11.9 Å². The fraction of sp³-hybridized carbons (Fsp3) is 0.250. The third-order valence-corrected chi connectivity index (χ3v) is 5.32. The number of fused-ring (bicyclic) bond motifs is 2. The molecular weight excluding hydrogens is 374 g/mol.